The van der Waals surface area contributed by atoms with Crippen LogP contribution in [0.25, 0.3) is 10.9 Å². The Balaban J connectivity index is 1.93. The Morgan fingerprint density at radius 2 is 1.71 bits per heavy atom. The SMILES string of the molecule is CCOc1cc2[nH]c(=O)n(CC3CCC(C(=O)O)CC3)c(=O)c2cc1OCC. The number of nitrogens with one attached hydrogen (secondary N) is 1. The van der Waals surface area contributed by atoms with E-state index in [9.17, 15) is 14.4 Å². The second kappa shape index (κ2) is 8.50. The summed E-state index contributed by atoms with van der Waals surface area (Å²) < 4.78 is 12.4. The third-order valence-electron chi connectivity index (χ3n) is 5.28. The molecular weight excluding hydrogens is 364 g/mol. The summed E-state index contributed by atoms with van der Waals surface area (Å²) in [4.78, 5) is 39.4. The first kappa shape index (κ1) is 20.0. The van der Waals surface area contributed by atoms with Crippen molar-refractivity contribution in [2.75, 3.05) is 13.2 Å². The monoisotopic (exact) mass is 390 g/mol. The molecule has 152 valence electrons. The van der Waals surface area contributed by atoms with E-state index in [0.29, 0.717) is 61.3 Å². The highest BCUT2D eigenvalue weighted by Gasteiger charge is 2.27. The van der Waals surface area contributed by atoms with Crippen molar-refractivity contribution < 1.29 is 19.4 Å². The normalized spacial score (nSPS) is 19.5. The van der Waals surface area contributed by atoms with Crippen molar-refractivity contribution in [3.05, 3.63) is 33.0 Å². The van der Waals surface area contributed by atoms with Crippen molar-refractivity contribution in [1.29, 1.82) is 0 Å². The van der Waals surface area contributed by atoms with Gasteiger partial charge < -0.3 is 19.6 Å². The molecule has 0 spiro atoms. The van der Waals surface area contributed by atoms with Crippen LogP contribution >= 0.6 is 0 Å². The number of aliphatic carboxylic acids is 1. The first-order chi connectivity index (χ1) is 13.4. The lowest BCUT2D eigenvalue weighted by Gasteiger charge is -2.26. The van der Waals surface area contributed by atoms with Crippen LogP contribution in [0.4, 0.5) is 0 Å². The lowest BCUT2D eigenvalue weighted by Crippen LogP contribution is -2.38. The maximum Gasteiger partial charge on any atom is 0.328 e. The van der Waals surface area contributed by atoms with E-state index in [2.05, 4.69) is 4.98 Å². The Hall–Kier alpha value is -2.77. The number of carboxylic acid groups (broad SMARTS) is 1. The van der Waals surface area contributed by atoms with Crippen molar-refractivity contribution >= 4 is 16.9 Å². The van der Waals surface area contributed by atoms with Crippen molar-refractivity contribution in [3.63, 3.8) is 0 Å². The number of H-pyrrole nitrogens is 1. The molecule has 8 heteroatoms. The van der Waals surface area contributed by atoms with E-state index in [0.717, 1.165) is 0 Å². The predicted octanol–water partition coefficient (Wildman–Crippen LogP) is 2.38. The number of hydrogen-bond acceptors (Lipinski definition) is 5. The number of benzene rings is 1. The summed E-state index contributed by atoms with van der Waals surface area (Å²) in [6.45, 7) is 4.84. The molecule has 0 unspecified atom stereocenters. The number of carbonyl (C=O) groups is 1. The molecule has 0 amide bonds. The van der Waals surface area contributed by atoms with Crippen molar-refractivity contribution in [1.82, 2.24) is 9.55 Å². The molecule has 2 aromatic rings. The summed E-state index contributed by atoms with van der Waals surface area (Å²) in [5, 5.41) is 9.49. The fourth-order valence-corrected chi connectivity index (χ4v) is 3.81. The molecule has 1 aromatic heterocycles. The average Bonchev–Trinajstić information content (AvgIpc) is 2.67. The second-order valence-corrected chi connectivity index (χ2v) is 7.11. The Kier molecular flexibility index (Phi) is 6.06. The Morgan fingerprint density at radius 1 is 1.11 bits per heavy atom. The van der Waals surface area contributed by atoms with Crippen LogP contribution in [0.5, 0.6) is 11.5 Å². The van der Waals surface area contributed by atoms with E-state index < -0.39 is 11.7 Å². The largest absolute Gasteiger partial charge is 0.490 e. The molecule has 1 aliphatic carbocycles. The van der Waals surface area contributed by atoms with Gasteiger partial charge >= 0.3 is 11.7 Å². The molecule has 1 fully saturated rings. The maximum atomic E-state index is 13.0. The zero-order valence-corrected chi connectivity index (χ0v) is 16.2. The van der Waals surface area contributed by atoms with Gasteiger partial charge in [0.15, 0.2) is 11.5 Å². The summed E-state index contributed by atoms with van der Waals surface area (Å²) in [5.74, 6) is -0.0339. The van der Waals surface area contributed by atoms with Gasteiger partial charge in [0.1, 0.15) is 0 Å². The van der Waals surface area contributed by atoms with Crippen molar-refractivity contribution in [2.24, 2.45) is 11.8 Å². The molecule has 0 saturated heterocycles. The smallest absolute Gasteiger partial charge is 0.328 e. The van der Waals surface area contributed by atoms with Gasteiger partial charge in [-0.15, -0.1) is 0 Å². The number of fused-ring (bicyclic) bond motifs is 1. The van der Waals surface area contributed by atoms with Gasteiger partial charge in [0.2, 0.25) is 0 Å². The van der Waals surface area contributed by atoms with Crippen LogP contribution in [-0.4, -0.2) is 33.8 Å². The third kappa shape index (κ3) is 4.05. The minimum atomic E-state index is -0.771. The molecule has 28 heavy (non-hydrogen) atoms. The van der Waals surface area contributed by atoms with Gasteiger partial charge in [-0.3, -0.25) is 14.2 Å². The van der Waals surface area contributed by atoms with Gasteiger partial charge in [-0.1, -0.05) is 0 Å². The summed E-state index contributed by atoms with van der Waals surface area (Å²) in [5.41, 5.74) is -0.430. The zero-order chi connectivity index (χ0) is 20.3. The third-order valence-corrected chi connectivity index (χ3v) is 5.28. The van der Waals surface area contributed by atoms with Crippen LogP contribution in [0.2, 0.25) is 0 Å². The Labute approximate surface area is 162 Å². The van der Waals surface area contributed by atoms with E-state index in [1.54, 1.807) is 12.1 Å². The quantitative estimate of drug-likeness (QED) is 0.751. The van der Waals surface area contributed by atoms with E-state index in [4.69, 9.17) is 14.6 Å². The predicted molar refractivity (Wildman–Crippen MR) is 104 cm³/mol. The highest BCUT2D eigenvalue weighted by molar-refractivity contribution is 5.81. The molecule has 1 aliphatic rings. The van der Waals surface area contributed by atoms with Gasteiger partial charge in [-0.25, -0.2) is 4.79 Å². The topological polar surface area (TPSA) is 111 Å². The Bertz CT molecular complexity index is 969. The highest BCUT2D eigenvalue weighted by Crippen LogP contribution is 2.31. The Morgan fingerprint density at radius 3 is 2.29 bits per heavy atom. The molecule has 0 bridgehead atoms. The van der Waals surface area contributed by atoms with Crippen LogP contribution < -0.4 is 20.7 Å². The summed E-state index contributed by atoms with van der Waals surface area (Å²) >= 11 is 0. The van der Waals surface area contributed by atoms with Gasteiger partial charge in [-0.2, -0.15) is 0 Å². The van der Waals surface area contributed by atoms with E-state index in [-0.39, 0.29) is 23.9 Å². The number of ether oxygens (including phenoxy) is 2. The number of hydrogen-bond donors (Lipinski definition) is 2. The van der Waals surface area contributed by atoms with Crippen LogP contribution in [0.3, 0.4) is 0 Å². The lowest BCUT2D eigenvalue weighted by molar-refractivity contribution is -0.143. The molecule has 2 N–H and O–H groups in total. The summed E-state index contributed by atoms with van der Waals surface area (Å²) in [6.07, 6.45) is 2.53. The standard InChI is InChI=1S/C20H26N2O6/c1-3-27-16-9-14-15(10-17(16)28-4-2)21-20(26)22(18(14)23)11-12-5-7-13(8-6-12)19(24)25/h9-10,12-13H,3-8,11H2,1-2H3,(H,21,26)(H,24,25). The molecule has 3 rings (SSSR count). The van der Waals surface area contributed by atoms with E-state index in [1.807, 2.05) is 13.8 Å². The number of aromatic amines is 1. The number of nitrogens with zero attached hydrogens (tertiary/aromatic N) is 1. The molecule has 1 heterocycles. The highest BCUT2D eigenvalue weighted by atomic mass is 16.5. The minimum absolute atomic E-state index is 0.112. The van der Waals surface area contributed by atoms with Crippen LogP contribution in [-0.2, 0) is 11.3 Å². The molecule has 8 nitrogen and oxygen atoms in total. The van der Waals surface area contributed by atoms with E-state index in [1.165, 1.54) is 4.57 Å². The number of rotatable bonds is 7. The van der Waals surface area contributed by atoms with Crippen LogP contribution in [0.15, 0.2) is 21.7 Å². The molecule has 1 aromatic carbocycles. The molecule has 1 saturated carbocycles. The van der Waals surface area contributed by atoms with Gasteiger partial charge in [0.05, 0.1) is 30.0 Å². The first-order valence-corrected chi connectivity index (χ1v) is 9.73. The fraction of sp³-hybridized carbons (Fsp3) is 0.550. The first-order valence-electron chi connectivity index (χ1n) is 9.73. The molecule has 0 aliphatic heterocycles. The number of carboxylic acids is 1. The fourth-order valence-electron chi connectivity index (χ4n) is 3.81. The van der Waals surface area contributed by atoms with Gasteiger partial charge in [-0.05, 0) is 51.5 Å². The van der Waals surface area contributed by atoms with Gasteiger partial charge in [0, 0.05) is 12.6 Å². The molecule has 0 atom stereocenters. The maximum absolute atomic E-state index is 13.0. The average molecular weight is 390 g/mol. The minimum Gasteiger partial charge on any atom is -0.490 e. The number of aromatic nitrogens is 2. The zero-order valence-electron chi connectivity index (χ0n) is 16.2. The lowest BCUT2D eigenvalue weighted by atomic mass is 9.82. The van der Waals surface area contributed by atoms with Crippen LogP contribution in [0, 0.1) is 11.8 Å². The molecule has 0 radical (unpaired) electrons. The second-order valence-electron chi connectivity index (χ2n) is 7.11. The van der Waals surface area contributed by atoms with Crippen LogP contribution in [0.1, 0.15) is 39.5 Å². The molecular formula is C20H26N2O6. The summed E-state index contributed by atoms with van der Waals surface area (Å²) in [7, 11) is 0. The van der Waals surface area contributed by atoms with Crippen molar-refractivity contribution in [2.45, 2.75) is 46.1 Å². The van der Waals surface area contributed by atoms with Gasteiger partial charge in [0.25, 0.3) is 5.56 Å². The summed E-state index contributed by atoms with van der Waals surface area (Å²) in [6, 6.07) is 3.23. The van der Waals surface area contributed by atoms with Crippen molar-refractivity contribution in [3.8, 4) is 11.5 Å². The van der Waals surface area contributed by atoms with E-state index >= 15 is 0 Å².